The summed E-state index contributed by atoms with van der Waals surface area (Å²) in [5.74, 6) is -0.642. The molecule has 1 aliphatic heterocycles. The second-order valence-corrected chi connectivity index (χ2v) is 7.93. The molecular formula is C22H18N6O4S. The van der Waals surface area contributed by atoms with E-state index in [2.05, 4.69) is 15.4 Å². The molecule has 3 aromatic rings. The average molecular weight is 462 g/mol. The standard InChI is InChI=1S/C22H18N6O4S/c1-26-13-15(12-23-26)11-19-21(30)27(17-5-3-2-4-6-17)22(25-19)33-14-20(29)24-16-7-9-18(10-8-16)28(31)32/h2-13H,14H2,1H3,(H,24,29)/b19-11+. The molecule has 2 amide bonds. The van der Waals surface area contributed by atoms with Gasteiger partial charge < -0.3 is 5.32 Å². The van der Waals surface area contributed by atoms with E-state index in [9.17, 15) is 19.7 Å². The van der Waals surface area contributed by atoms with E-state index in [1.807, 2.05) is 18.2 Å². The molecule has 0 saturated heterocycles. The zero-order chi connectivity index (χ0) is 23.4. The lowest BCUT2D eigenvalue weighted by molar-refractivity contribution is -0.384. The predicted octanol–water partition coefficient (Wildman–Crippen LogP) is 3.44. The van der Waals surface area contributed by atoms with Gasteiger partial charge in [-0.3, -0.25) is 29.3 Å². The van der Waals surface area contributed by atoms with Gasteiger partial charge in [0.2, 0.25) is 5.91 Å². The lowest BCUT2D eigenvalue weighted by Crippen LogP contribution is -2.31. The first-order valence-electron chi connectivity index (χ1n) is 9.76. The Hall–Kier alpha value is -4.25. The quantitative estimate of drug-likeness (QED) is 0.340. The van der Waals surface area contributed by atoms with Crippen LogP contribution in [0.25, 0.3) is 6.08 Å². The number of amidine groups is 1. The molecule has 1 aliphatic rings. The zero-order valence-corrected chi connectivity index (χ0v) is 18.2. The number of nitrogens with zero attached hydrogens (tertiary/aromatic N) is 5. The van der Waals surface area contributed by atoms with Gasteiger partial charge in [-0.1, -0.05) is 30.0 Å². The van der Waals surface area contributed by atoms with Crippen molar-refractivity contribution < 1.29 is 14.5 Å². The highest BCUT2D eigenvalue weighted by atomic mass is 32.2. The van der Waals surface area contributed by atoms with Crippen molar-refractivity contribution in [3.8, 4) is 0 Å². The molecule has 10 nitrogen and oxygen atoms in total. The maximum atomic E-state index is 13.1. The first-order chi connectivity index (χ1) is 15.9. The van der Waals surface area contributed by atoms with Crippen molar-refractivity contribution in [3.63, 3.8) is 0 Å². The first kappa shape index (κ1) is 22.0. The third-order valence-corrected chi connectivity index (χ3v) is 5.51. The molecule has 4 rings (SSSR count). The topological polar surface area (TPSA) is 123 Å². The number of carbonyl (C=O) groups is 2. The van der Waals surface area contributed by atoms with Crippen molar-refractivity contribution in [2.75, 3.05) is 16.0 Å². The second kappa shape index (κ2) is 9.49. The molecule has 0 unspecified atom stereocenters. The minimum atomic E-state index is -0.508. The highest BCUT2D eigenvalue weighted by molar-refractivity contribution is 8.14. The number of hydrogen-bond donors (Lipinski definition) is 1. The first-order valence-corrected chi connectivity index (χ1v) is 10.7. The number of aliphatic imine (C=N–C) groups is 1. The van der Waals surface area contributed by atoms with Crippen LogP contribution in [-0.2, 0) is 16.6 Å². The van der Waals surface area contributed by atoms with E-state index < -0.39 is 4.92 Å². The molecule has 0 atom stereocenters. The smallest absolute Gasteiger partial charge is 0.283 e. The minimum Gasteiger partial charge on any atom is -0.325 e. The van der Waals surface area contributed by atoms with E-state index in [0.717, 1.165) is 17.3 Å². The molecule has 1 N–H and O–H groups in total. The van der Waals surface area contributed by atoms with Crippen molar-refractivity contribution >= 4 is 51.9 Å². The number of nitro groups is 1. The van der Waals surface area contributed by atoms with Gasteiger partial charge in [0.15, 0.2) is 5.17 Å². The van der Waals surface area contributed by atoms with E-state index in [1.54, 1.807) is 42.3 Å². The number of benzene rings is 2. The van der Waals surface area contributed by atoms with Crippen LogP contribution < -0.4 is 10.2 Å². The largest absolute Gasteiger partial charge is 0.325 e. The van der Waals surface area contributed by atoms with Gasteiger partial charge in [-0.15, -0.1) is 0 Å². The summed E-state index contributed by atoms with van der Waals surface area (Å²) in [5, 5.41) is 17.9. The molecule has 0 saturated carbocycles. The summed E-state index contributed by atoms with van der Waals surface area (Å²) in [6.07, 6.45) is 5.05. The SMILES string of the molecule is Cn1cc(/C=C2/N=C(SCC(=O)Nc3ccc([N+](=O)[O-])cc3)N(c3ccccc3)C2=O)cn1. The monoisotopic (exact) mass is 462 g/mol. The molecule has 0 aliphatic carbocycles. The summed E-state index contributed by atoms with van der Waals surface area (Å²) in [6.45, 7) is 0. The van der Waals surface area contributed by atoms with E-state index in [-0.39, 0.29) is 29.0 Å². The number of hydrogen-bond acceptors (Lipinski definition) is 7. The zero-order valence-electron chi connectivity index (χ0n) is 17.4. The van der Waals surface area contributed by atoms with Gasteiger partial charge >= 0.3 is 0 Å². The van der Waals surface area contributed by atoms with Crippen LogP contribution >= 0.6 is 11.8 Å². The Morgan fingerprint density at radius 2 is 1.91 bits per heavy atom. The van der Waals surface area contributed by atoms with Gasteiger partial charge in [0.05, 0.1) is 22.6 Å². The molecule has 0 fully saturated rings. The highest BCUT2D eigenvalue weighted by Crippen LogP contribution is 2.29. The van der Waals surface area contributed by atoms with Gasteiger partial charge in [0.1, 0.15) is 5.70 Å². The molecular weight excluding hydrogens is 444 g/mol. The van der Waals surface area contributed by atoms with Crippen LogP contribution in [0.3, 0.4) is 0 Å². The predicted molar refractivity (Wildman–Crippen MR) is 127 cm³/mol. The summed E-state index contributed by atoms with van der Waals surface area (Å²) in [4.78, 5) is 41.7. The molecule has 33 heavy (non-hydrogen) atoms. The Balaban J connectivity index is 1.50. The van der Waals surface area contributed by atoms with E-state index in [1.165, 1.54) is 29.2 Å². The number of para-hydroxylation sites is 1. The lowest BCUT2D eigenvalue weighted by Gasteiger charge is -2.17. The Labute approximate surface area is 192 Å². The van der Waals surface area contributed by atoms with Crippen LogP contribution in [-0.4, -0.2) is 37.4 Å². The van der Waals surface area contributed by atoms with Gasteiger partial charge in [-0.05, 0) is 30.3 Å². The second-order valence-electron chi connectivity index (χ2n) is 6.99. The van der Waals surface area contributed by atoms with Crippen LogP contribution in [0.15, 0.2) is 77.7 Å². The summed E-state index contributed by atoms with van der Waals surface area (Å²) < 4.78 is 1.63. The number of thioether (sulfide) groups is 1. The molecule has 0 bridgehead atoms. The molecule has 0 spiro atoms. The van der Waals surface area contributed by atoms with Crippen LogP contribution in [0.2, 0.25) is 0 Å². The maximum absolute atomic E-state index is 13.1. The number of aromatic nitrogens is 2. The average Bonchev–Trinajstić information content (AvgIpc) is 3.35. The molecule has 166 valence electrons. The molecule has 11 heteroatoms. The number of rotatable bonds is 6. The third-order valence-electron chi connectivity index (χ3n) is 4.57. The number of nitro benzene ring substituents is 1. The fraction of sp³-hybridized carbons (Fsp3) is 0.0909. The number of aryl methyl sites for hydroxylation is 1. The van der Waals surface area contributed by atoms with Crippen molar-refractivity contribution in [1.29, 1.82) is 0 Å². The summed E-state index contributed by atoms with van der Waals surface area (Å²) in [6, 6.07) is 14.6. The summed E-state index contributed by atoms with van der Waals surface area (Å²) in [7, 11) is 1.78. The van der Waals surface area contributed by atoms with Gasteiger partial charge in [-0.25, -0.2) is 4.99 Å². The van der Waals surface area contributed by atoms with Crippen LogP contribution in [0.1, 0.15) is 5.56 Å². The van der Waals surface area contributed by atoms with E-state index >= 15 is 0 Å². The van der Waals surface area contributed by atoms with Gasteiger partial charge in [-0.2, -0.15) is 5.10 Å². The number of anilines is 2. The summed E-state index contributed by atoms with van der Waals surface area (Å²) in [5.41, 5.74) is 1.99. The van der Waals surface area contributed by atoms with E-state index in [4.69, 9.17) is 0 Å². The minimum absolute atomic E-state index is 0.00733. The molecule has 2 heterocycles. The Kier molecular flexibility index (Phi) is 6.31. The van der Waals surface area contributed by atoms with Crippen LogP contribution in [0, 0.1) is 10.1 Å². The normalized spacial score (nSPS) is 14.5. The third kappa shape index (κ3) is 5.15. The Morgan fingerprint density at radius 3 is 2.55 bits per heavy atom. The van der Waals surface area contributed by atoms with Gasteiger partial charge in [0.25, 0.3) is 11.6 Å². The van der Waals surface area contributed by atoms with Crippen molar-refractivity contribution in [3.05, 3.63) is 88.4 Å². The maximum Gasteiger partial charge on any atom is 0.283 e. The highest BCUT2D eigenvalue weighted by Gasteiger charge is 2.32. The van der Waals surface area contributed by atoms with Crippen molar-refractivity contribution in [2.24, 2.45) is 12.0 Å². The van der Waals surface area contributed by atoms with E-state index in [0.29, 0.717) is 16.5 Å². The van der Waals surface area contributed by atoms with Crippen molar-refractivity contribution in [2.45, 2.75) is 0 Å². The Morgan fingerprint density at radius 1 is 1.18 bits per heavy atom. The summed E-state index contributed by atoms with van der Waals surface area (Å²) >= 11 is 1.12. The van der Waals surface area contributed by atoms with Crippen LogP contribution in [0.4, 0.5) is 17.1 Å². The Bertz CT molecular complexity index is 1270. The molecule has 2 aromatic carbocycles. The fourth-order valence-electron chi connectivity index (χ4n) is 3.06. The van der Waals surface area contributed by atoms with Crippen LogP contribution in [0.5, 0.6) is 0 Å². The number of amides is 2. The van der Waals surface area contributed by atoms with Crippen molar-refractivity contribution in [1.82, 2.24) is 9.78 Å². The van der Waals surface area contributed by atoms with Gasteiger partial charge in [0, 0.05) is 36.6 Å². The number of carbonyl (C=O) groups excluding carboxylic acids is 2. The molecule has 1 aromatic heterocycles. The fourth-order valence-corrected chi connectivity index (χ4v) is 3.88. The number of nitrogens with one attached hydrogen (secondary N) is 1. The number of non-ortho nitro benzene ring substituents is 1. The molecule has 0 radical (unpaired) electrons. The lowest BCUT2D eigenvalue weighted by atomic mass is 10.2.